The van der Waals surface area contributed by atoms with Crippen molar-refractivity contribution in [1.29, 1.82) is 0 Å². The van der Waals surface area contributed by atoms with Gasteiger partial charge in [-0.1, -0.05) is 0 Å². The highest BCUT2D eigenvalue weighted by atomic mass is 16.5. The van der Waals surface area contributed by atoms with Gasteiger partial charge in [-0.25, -0.2) is 0 Å². The van der Waals surface area contributed by atoms with Crippen molar-refractivity contribution in [3.8, 4) is 5.75 Å². The van der Waals surface area contributed by atoms with Gasteiger partial charge in [0.25, 0.3) is 0 Å². The number of nitrogens with one attached hydrogen (secondary N) is 1. The Bertz CT molecular complexity index is 985. The van der Waals surface area contributed by atoms with E-state index in [1.54, 1.807) is 13.2 Å². The fraction of sp³-hybridized carbons (Fsp3) is 0.227. The van der Waals surface area contributed by atoms with E-state index in [2.05, 4.69) is 10.2 Å². The van der Waals surface area contributed by atoms with Crippen LogP contribution in [0, 0.1) is 0 Å². The lowest BCUT2D eigenvalue weighted by molar-refractivity contribution is -0.111. The van der Waals surface area contributed by atoms with E-state index in [-0.39, 0.29) is 5.91 Å². The molecule has 1 saturated heterocycles. The van der Waals surface area contributed by atoms with Crippen LogP contribution in [0.25, 0.3) is 17.0 Å². The number of hydrogen-bond donors (Lipinski definition) is 1. The van der Waals surface area contributed by atoms with Gasteiger partial charge in [0.2, 0.25) is 5.91 Å². The molecule has 6 nitrogen and oxygen atoms in total. The van der Waals surface area contributed by atoms with E-state index < -0.39 is 0 Å². The van der Waals surface area contributed by atoms with Crippen molar-refractivity contribution in [1.82, 2.24) is 0 Å². The maximum atomic E-state index is 12.2. The molecule has 28 heavy (non-hydrogen) atoms. The first-order valence-electron chi connectivity index (χ1n) is 9.21. The third-order valence-corrected chi connectivity index (χ3v) is 4.65. The van der Waals surface area contributed by atoms with Gasteiger partial charge in [0.05, 0.1) is 20.3 Å². The maximum absolute atomic E-state index is 12.2. The molecule has 3 aromatic rings. The summed E-state index contributed by atoms with van der Waals surface area (Å²) in [6, 6.07) is 15.3. The highest BCUT2D eigenvalue weighted by Gasteiger charge is 2.11. The van der Waals surface area contributed by atoms with Crippen LogP contribution >= 0.6 is 0 Å². The molecule has 0 radical (unpaired) electrons. The molecular formula is C22H22N2O4. The Morgan fingerprint density at radius 1 is 1.11 bits per heavy atom. The second-order valence-corrected chi connectivity index (χ2v) is 6.52. The number of ether oxygens (including phenoxy) is 2. The molecule has 0 aliphatic carbocycles. The molecule has 1 fully saturated rings. The number of furan rings is 1. The van der Waals surface area contributed by atoms with Gasteiger partial charge in [0.15, 0.2) is 0 Å². The predicted octanol–water partition coefficient (Wildman–Crippen LogP) is 3.93. The summed E-state index contributed by atoms with van der Waals surface area (Å²) < 4.78 is 16.3. The molecule has 0 spiro atoms. The van der Waals surface area contributed by atoms with Crippen molar-refractivity contribution in [2.24, 2.45) is 0 Å². The number of morpholine rings is 1. The SMILES string of the molecule is COc1ccc2oc(C=CC(=O)Nc3ccc(N4CCOCC4)cc3)cc2c1. The zero-order valence-corrected chi connectivity index (χ0v) is 15.7. The van der Waals surface area contributed by atoms with Crippen LogP contribution < -0.4 is 15.0 Å². The lowest BCUT2D eigenvalue weighted by Gasteiger charge is -2.28. The molecule has 1 N–H and O–H groups in total. The Morgan fingerprint density at radius 2 is 1.89 bits per heavy atom. The molecule has 1 amide bonds. The summed E-state index contributed by atoms with van der Waals surface area (Å²) in [6.45, 7) is 3.27. The summed E-state index contributed by atoms with van der Waals surface area (Å²) >= 11 is 0. The Labute approximate surface area is 163 Å². The number of amides is 1. The monoisotopic (exact) mass is 378 g/mol. The van der Waals surface area contributed by atoms with Crippen LogP contribution in [-0.2, 0) is 9.53 Å². The van der Waals surface area contributed by atoms with Crippen LogP contribution in [0.2, 0.25) is 0 Å². The Morgan fingerprint density at radius 3 is 2.64 bits per heavy atom. The van der Waals surface area contributed by atoms with Crippen LogP contribution in [-0.4, -0.2) is 39.3 Å². The minimum atomic E-state index is -0.211. The molecule has 6 heteroatoms. The fourth-order valence-electron chi connectivity index (χ4n) is 3.17. The van der Waals surface area contributed by atoms with E-state index in [1.165, 1.54) is 6.08 Å². The van der Waals surface area contributed by atoms with Gasteiger partial charge in [-0.05, 0) is 54.6 Å². The minimum absolute atomic E-state index is 0.211. The van der Waals surface area contributed by atoms with Crippen LogP contribution in [0.3, 0.4) is 0 Å². The molecule has 1 aromatic heterocycles. The highest BCUT2D eigenvalue weighted by Crippen LogP contribution is 2.25. The van der Waals surface area contributed by atoms with E-state index in [1.807, 2.05) is 48.5 Å². The standard InChI is InChI=1S/C22H22N2O4/c1-26-19-6-8-21-16(14-19)15-20(28-21)7-9-22(25)23-17-2-4-18(5-3-17)24-10-12-27-13-11-24/h2-9,14-15H,10-13H2,1H3,(H,23,25). The number of methoxy groups -OCH3 is 1. The molecule has 0 bridgehead atoms. The first kappa shape index (κ1) is 18.1. The lowest BCUT2D eigenvalue weighted by Crippen LogP contribution is -2.36. The first-order valence-corrected chi connectivity index (χ1v) is 9.21. The fourth-order valence-corrected chi connectivity index (χ4v) is 3.17. The average Bonchev–Trinajstić information content (AvgIpc) is 3.15. The van der Waals surface area contributed by atoms with Crippen LogP contribution in [0.4, 0.5) is 11.4 Å². The Balaban J connectivity index is 1.38. The summed E-state index contributed by atoms with van der Waals surface area (Å²) in [5.41, 5.74) is 2.63. The van der Waals surface area contributed by atoms with E-state index in [0.29, 0.717) is 5.76 Å². The molecule has 0 unspecified atom stereocenters. The number of carbonyl (C=O) groups excluding carboxylic acids is 1. The van der Waals surface area contributed by atoms with Crippen molar-refractivity contribution in [2.75, 3.05) is 43.6 Å². The van der Waals surface area contributed by atoms with Gasteiger partial charge in [-0.2, -0.15) is 0 Å². The number of fused-ring (bicyclic) bond motifs is 1. The molecule has 1 aliphatic rings. The van der Waals surface area contributed by atoms with E-state index in [4.69, 9.17) is 13.9 Å². The number of nitrogens with zero attached hydrogens (tertiary/aromatic N) is 1. The summed E-state index contributed by atoms with van der Waals surface area (Å²) in [7, 11) is 1.62. The van der Waals surface area contributed by atoms with Gasteiger partial charge in [0.1, 0.15) is 17.1 Å². The second-order valence-electron chi connectivity index (χ2n) is 6.52. The normalized spacial score (nSPS) is 14.5. The number of benzene rings is 2. The first-order chi connectivity index (χ1) is 13.7. The van der Waals surface area contributed by atoms with Gasteiger partial charge in [-0.15, -0.1) is 0 Å². The van der Waals surface area contributed by atoms with Crippen molar-refractivity contribution >= 4 is 34.3 Å². The van der Waals surface area contributed by atoms with Crippen molar-refractivity contribution < 1.29 is 18.7 Å². The summed E-state index contributed by atoms with van der Waals surface area (Å²) in [6.07, 6.45) is 3.12. The van der Waals surface area contributed by atoms with Gasteiger partial charge >= 0.3 is 0 Å². The molecule has 1 aliphatic heterocycles. The van der Waals surface area contributed by atoms with E-state index in [0.717, 1.165) is 54.4 Å². The van der Waals surface area contributed by atoms with Crippen LogP contribution in [0.15, 0.2) is 59.0 Å². The number of anilines is 2. The molecular weight excluding hydrogens is 356 g/mol. The zero-order chi connectivity index (χ0) is 19.3. The Hall–Kier alpha value is -3.25. The second kappa shape index (κ2) is 8.19. The molecule has 2 aromatic carbocycles. The number of carbonyl (C=O) groups is 1. The average molecular weight is 378 g/mol. The molecule has 0 atom stereocenters. The predicted molar refractivity (Wildman–Crippen MR) is 110 cm³/mol. The zero-order valence-electron chi connectivity index (χ0n) is 15.7. The van der Waals surface area contributed by atoms with Crippen LogP contribution in [0.1, 0.15) is 5.76 Å². The van der Waals surface area contributed by atoms with Gasteiger partial charge in [0, 0.05) is 35.9 Å². The van der Waals surface area contributed by atoms with E-state index >= 15 is 0 Å². The Kier molecular flexibility index (Phi) is 5.30. The summed E-state index contributed by atoms with van der Waals surface area (Å²) in [4.78, 5) is 14.5. The van der Waals surface area contributed by atoms with Crippen LogP contribution in [0.5, 0.6) is 5.75 Å². The topological polar surface area (TPSA) is 63.9 Å². The quantitative estimate of drug-likeness (QED) is 0.682. The molecule has 2 heterocycles. The van der Waals surface area contributed by atoms with Crippen molar-refractivity contribution in [3.05, 3.63) is 60.4 Å². The summed E-state index contributed by atoms with van der Waals surface area (Å²) in [5.74, 6) is 1.17. The van der Waals surface area contributed by atoms with Gasteiger partial charge in [-0.3, -0.25) is 4.79 Å². The van der Waals surface area contributed by atoms with Gasteiger partial charge < -0.3 is 24.1 Å². The molecule has 0 saturated carbocycles. The number of hydrogen-bond acceptors (Lipinski definition) is 5. The number of rotatable bonds is 5. The van der Waals surface area contributed by atoms with E-state index in [9.17, 15) is 4.79 Å². The molecule has 4 rings (SSSR count). The third kappa shape index (κ3) is 4.18. The molecule has 144 valence electrons. The minimum Gasteiger partial charge on any atom is -0.497 e. The largest absolute Gasteiger partial charge is 0.497 e. The lowest BCUT2D eigenvalue weighted by atomic mass is 10.2. The third-order valence-electron chi connectivity index (χ3n) is 4.65. The maximum Gasteiger partial charge on any atom is 0.248 e. The smallest absolute Gasteiger partial charge is 0.248 e. The van der Waals surface area contributed by atoms with Crippen molar-refractivity contribution in [3.63, 3.8) is 0 Å². The highest BCUT2D eigenvalue weighted by molar-refractivity contribution is 6.02. The summed E-state index contributed by atoms with van der Waals surface area (Å²) in [5, 5.41) is 3.79. The van der Waals surface area contributed by atoms with Crippen molar-refractivity contribution in [2.45, 2.75) is 0 Å².